The summed E-state index contributed by atoms with van der Waals surface area (Å²) in [6.07, 6.45) is 3.54. The van der Waals surface area contributed by atoms with E-state index in [9.17, 15) is 10.2 Å². The summed E-state index contributed by atoms with van der Waals surface area (Å²) in [6, 6.07) is 0. The summed E-state index contributed by atoms with van der Waals surface area (Å²) in [5.74, 6) is 0. The van der Waals surface area contributed by atoms with E-state index in [1.165, 1.54) is 0 Å². The Balaban J connectivity index is 2.16. The van der Waals surface area contributed by atoms with Crippen LogP contribution in [0.1, 0.15) is 39.5 Å². The van der Waals surface area contributed by atoms with Crippen LogP contribution >= 0.6 is 0 Å². The summed E-state index contributed by atoms with van der Waals surface area (Å²) in [6.45, 7) is 9.88. The Morgan fingerprint density at radius 3 is 1.39 bits per heavy atom. The van der Waals surface area contributed by atoms with Crippen molar-refractivity contribution in [2.24, 2.45) is 0 Å². The summed E-state index contributed by atoms with van der Waals surface area (Å²) in [5, 5.41) is 19.6. The summed E-state index contributed by atoms with van der Waals surface area (Å²) in [5.41, 5.74) is 0. The fraction of sp³-hybridized carbons (Fsp3) is 1.00. The molecule has 18 heavy (non-hydrogen) atoms. The number of aliphatic hydroxyl groups excluding tert-OH is 2. The van der Waals surface area contributed by atoms with Gasteiger partial charge in [-0.15, -0.1) is 0 Å². The third kappa shape index (κ3) is 6.14. The molecule has 2 atom stereocenters. The number of hydrogen-bond donors (Lipinski definition) is 2. The van der Waals surface area contributed by atoms with Crippen molar-refractivity contribution in [1.29, 1.82) is 0 Å². The van der Waals surface area contributed by atoms with E-state index in [1.54, 1.807) is 0 Å². The van der Waals surface area contributed by atoms with Gasteiger partial charge in [-0.05, 0) is 12.8 Å². The molecule has 2 unspecified atom stereocenters. The monoisotopic (exact) mass is 258 g/mol. The zero-order chi connectivity index (χ0) is 13.4. The van der Waals surface area contributed by atoms with Crippen molar-refractivity contribution in [3.8, 4) is 0 Å². The first-order chi connectivity index (χ1) is 8.65. The third-order valence-corrected chi connectivity index (χ3v) is 3.65. The fourth-order valence-corrected chi connectivity index (χ4v) is 2.60. The molecular formula is C14H30N2O2. The van der Waals surface area contributed by atoms with Gasteiger partial charge in [-0.1, -0.05) is 26.7 Å². The minimum absolute atomic E-state index is 0.174. The molecule has 1 aliphatic heterocycles. The number of aliphatic hydroxyl groups is 2. The Morgan fingerprint density at radius 2 is 1.11 bits per heavy atom. The highest BCUT2D eigenvalue weighted by molar-refractivity contribution is 4.75. The minimum atomic E-state index is -0.174. The van der Waals surface area contributed by atoms with Gasteiger partial charge in [-0.2, -0.15) is 0 Å². The van der Waals surface area contributed by atoms with Gasteiger partial charge in [0.25, 0.3) is 0 Å². The van der Waals surface area contributed by atoms with Gasteiger partial charge in [0, 0.05) is 39.3 Å². The zero-order valence-corrected chi connectivity index (χ0v) is 12.0. The second kappa shape index (κ2) is 8.86. The molecular weight excluding hydrogens is 228 g/mol. The predicted octanol–water partition coefficient (Wildman–Crippen LogP) is 0.926. The van der Waals surface area contributed by atoms with E-state index in [1.807, 2.05) is 0 Å². The van der Waals surface area contributed by atoms with Crippen LogP contribution in [0.2, 0.25) is 0 Å². The van der Waals surface area contributed by atoms with Crippen molar-refractivity contribution in [2.45, 2.75) is 51.7 Å². The number of nitrogens with zero attached hydrogens (tertiary/aromatic N) is 2. The molecule has 4 heteroatoms. The molecule has 0 radical (unpaired) electrons. The minimum Gasteiger partial charge on any atom is -0.392 e. The van der Waals surface area contributed by atoms with Crippen LogP contribution in [0.5, 0.6) is 0 Å². The van der Waals surface area contributed by atoms with Crippen LogP contribution in [-0.2, 0) is 0 Å². The molecule has 1 heterocycles. The first-order valence-corrected chi connectivity index (χ1v) is 7.46. The lowest BCUT2D eigenvalue weighted by Gasteiger charge is -2.36. The maximum absolute atomic E-state index is 9.79. The Labute approximate surface area is 112 Å². The van der Waals surface area contributed by atoms with Crippen molar-refractivity contribution < 1.29 is 10.2 Å². The third-order valence-electron chi connectivity index (χ3n) is 3.65. The largest absolute Gasteiger partial charge is 0.392 e. The first-order valence-electron chi connectivity index (χ1n) is 7.46. The Morgan fingerprint density at radius 1 is 0.778 bits per heavy atom. The molecule has 0 aliphatic carbocycles. The average molecular weight is 258 g/mol. The van der Waals surface area contributed by atoms with E-state index >= 15 is 0 Å². The van der Waals surface area contributed by atoms with Crippen molar-refractivity contribution in [1.82, 2.24) is 9.80 Å². The second-order valence-electron chi connectivity index (χ2n) is 5.49. The van der Waals surface area contributed by atoms with E-state index in [0.717, 1.165) is 65.0 Å². The highest BCUT2D eigenvalue weighted by Crippen LogP contribution is 2.07. The van der Waals surface area contributed by atoms with E-state index in [0.29, 0.717) is 0 Å². The van der Waals surface area contributed by atoms with Crippen molar-refractivity contribution in [2.75, 3.05) is 39.3 Å². The van der Waals surface area contributed by atoms with Gasteiger partial charge in [0.05, 0.1) is 12.2 Å². The normalized spacial score (nSPS) is 22.0. The average Bonchev–Trinajstić information content (AvgIpc) is 2.32. The van der Waals surface area contributed by atoms with Crippen molar-refractivity contribution in [3.63, 3.8) is 0 Å². The first kappa shape index (κ1) is 15.9. The molecule has 0 bridgehead atoms. The van der Waals surface area contributed by atoms with Crippen LogP contribution in [0.3, 0.4) is 0 Å². The van der Waals surface area contributed by atoms with Crippen LogP contribution in [0.25, 0.3) is 0 Å². The molecule has 1 rings (SSSR count). The molecule has 1 saturated heterocycles. The maximum Gasteiger partial charge on any atom is 0.0667 e. The molecule has 0 aromatic heterocycles. The number of hydrogen-bond acceptors (Lipinski definition) is 4. The van der Waals surface area contributed by atoms with Crippen LogP contribution in [0, 0.1) is 0 Å². The molecule has 4 nitrogen and oxygen atoms in total. The van der Waals surface area contributed by atoms with Gasteiger partial charge in [0.2, 0.25) is 0 Å². The summed E-state index contributed by atoms with van der Waals surface area (Å²) in [7, 11) is 0. The number of β-amino-alcohol motifs (C(OH)–C–C–N with tert-alkyl or cyclic N) is 2. The van der Waals surface area contributed by atoms with Gasteiger partial charge >= 0.3 is 0 Å². The van der Waals surface area contributed by atoms with Gasteiger partial charge in [0.1, 0.15) is 0 Å². The lowest BCUT2D eigenvalue weighted by Crippen LogP contribution is -2.50. The molecule has 0 spiro atoms. The van der Waals surface area contributed by atoms with Crippen LogP contribution in [-0.4, -0.2) is 71.5 Å². The smallest absolute Gasteiger partial charge is 0.0667 e. The van der Waals surface area contributed by atoms with Gasteiger partial charge < -0.3 is 10.2 Å². The maximum atomic E-state index is 9.79. The summed E-state index contributed by atoms with van der Waals surface area (Å²) in [4.78, 5) is 4.67. The number of rotatable bonds is 8. The molecule has 1 fully saturated rings. The molecule has 0 saturated carbocycles. The van der Waals surface area contributed by atoms with E-state index in [4.69, 9.17) is 0 Å². The molecule has 108 valence electrons. The van der Waals surface area contributed by atoms with E-state index in [-0.39, 0.29) is 12.2 Å². The Bertz CT molecular complexity index is 184. The summed E-state index contributed by atoms with van der Waals surface area (Å²) < 4.78 is 0. The van der Waals surface area contributed by atoms with Gasteiger partial charge in [-0.25, -0.2) is 0 Å². The Hall–Kier alpha value is -0.160. The summed E-state index contributed by atoms with van der Waals surface area (Å²) >= 11 is 0. The highest BCUT2D eigenvalue weighted by Gasteiger charge is 2.20. The van der Waals surface area contributed by atoms with Gasteiger partial charge in [-0.3, -0.25) is 9.80 Å². The zero-order valence-electron chi connectivity index (χ0n) is 12.0. The topological polar surface area (TPSA) is 46.9 Å². The van der Waals surface area contributed by atoms with Crippen LogP contribution in [0.15, 0.2) is 0 Å². The Kier molecular flexibility index (Phi) is 7.82. The molecule has 0 amide bonds. The molecule has 1 aliphatic rings. The fourth-order valence-electron chi connectivity index (χ4n) is 2.60. The van der Waals surface area contributed by atoms with Crippen molar-refractivity contribution in [3.05, 3.63) is 0 Å². The molecule has 2 N–H and O–H groups in total. The molecule has 0 aromatic rings. The van der Waals surface area contributed by atoms with E-state index < -0.39 is 0 Å². The van der Waals surface area contributed by atoms with Gasteiger partial charge in [0.15, 0.2) is 0 Å². The highest BCUT2D eigenvalue weighted by atomic mass is 16.3. The quantitative estimate of drug-likeness (QED) is 0.680. The molecule has 0 aromatic carbocycles. The lowest BCUT2D eigenvalue weighted by molar-refractivity contribution is 0.0443. The van der Waals surface area contributed by atoms with Crippen molar-refractivity contribution >= 4 is 0 Å². The van der Waals surface area contributed by atoms with E-state index in [2.05, 4.69) is 23.6 Å². The number of piperazine rings is 1. The van der Waals surface area contributed by atoms with Crippen LogP contribution in [0.4, 0.5) is 0 Å². The predicted molar refractivity (Wildman–Crippen MR) is 74.7 cm³/mol. The van der Waals surface area contributed by atoms with Crippen LogP contribution < -0.4 is 0 Å². The SMILES string of the molecule is CCCC(O)CN1CCN(CC(O)CCC)CC1. The standard InChI is InChI=1S/C14H30N2O2/c1-3-5-13(17)11-15-7-9-16(10-8-15)12-14(18)6-4-2/h13-14,17-18H,3-12H2,1-2H3. The second-order valence-corrected chi connectivity index (χ2v) is 5.49. The lowest BCUT2D eigenvalue weighted by atomic mass is 10.1.